The highest BCUT2D eigenvalue weighted by Gasteiger charge is 2.32. The van der Waals surface area contributed by atoms with Crippen LogP contribution in [0, 0.1) is 5.41 Å². The van der Waals surface area contributed by atoms with E-state index < -0.39 is 0 Å². The third kappa shape index (κ3) is 4.11. The zero-order valence-electron chi connectivity index (χ0n) is 10.8. The molecule has 0 radical (unpaired) electrons. The summed E-state index contributed by atoms with van der Waals surface area (Å²) in [5.41, 5.74) is 1.79. The fraction of sp³-hybridized carbons (Fsp3) is 0.600. The molecule has 2 rings (SSSR count). The Morgan fingerprint density at radius 3 is 2.41 bits per heavy atom. The van der Waals surface area contributed by atoms with Crippen LogP contribution in [0.25, 0.3) is 0 Å². The largest absolute Gasteiger partial charge is 0.296 e. The van der Waals surface area contributed by atoms with Crippen molar-refractivity contribution in [3.8, 4) is 0 Å². The monoisotopic (exact) mass is 295 g/mol. The summed E-state index contributed by atoms with van der Waals surface area (Å²) in [5.74, 6) is 0. The van der Waals surface area contributed by atoms with E-state index in [1.54, 1.807) is 0 Å². The van der Waals surface area contributed by atoms with E-state index in [0.29, 0.717) is 5.41 Å². The standard InChI is InChI=1S/C15H22BrN/c1-15(2,11-16)12-17(14-8-9-14)10-13-6-4-3-5-7-13/h3-7,14H,8-12H2,1-2H3. The van der Waals surface area contributed by atoms with Gasteiger partial charge in [-0.2, -0.15) is 0 Å². The molecule has 1 saturated carbocycles. The first-order valence-corrected chi connectivity index (χ1v) is 7.57. The Morgan fingerprint density at radius 2 is 1.88 bits per heavy atom. The number of alkyl halides is 1. The minimum Gasteiger partial charge on any atom is -0.296 e. The van der Waals surface area contributed by atoms with Crippen molar-refractivity contribution in [1.82, 2.24) is 4.90 Å². The molecule has 0 unspecified atom stereocenters. The Hall–Kier alpha value is -0.340. The summed E-state index contributed by atoms with van der Waals surface area (Å²) in [6, 6.07) is 11.7. The molecule has 0 saturated heterocycles. The molecule has 0 spiro atoms. The maximum Gasteiger partial charge on any atom is 0.0236 e. The Labute approximate surface area is 113 Å². The van der Waals surface area contributed by atoms with Crippen molar-refractivity contribution in [1.29, 1.82) is 0 Å². The lowest BCUT2D eigenvalue weighted by atomic mass is 9.95. The molecule has 1 aromatic rings. The van der Waals surface area contributed by atoms with Crippen molar-refractivity contribution in [2.45, 2.75) is 39.3 Å². The van der Waals surface area contributed by atoms with Crippen LogP contribution in [0.3, 0.4) is 0 Å². The molecule has 1 aromatic carbocycles. The first-order valence-electron chi connectivity index (χ1n) is 6.45. The molecule has 0 amide bonds. The average molecular weight is 296 g/mol. The highest BCUT2D eigenvalue weighted by molar-refractivity contribution is 9.09. The van der Waals surface area contributed by atoms with E-state index in [1.807, 2.05) is 0 Å². The number of halogens is 1. The molecule has 1 aliphatic rings. The number of hydrogen-bond acceptors (Lipinski definition) is 1. The van der Waals surface area contributed by atoms with Crippen LogP contribution < -0.4 is 0 Å². The minimum absolute atomic E-state index is 0.359. The number of rotatable bonds is 6. The Kier molecular flexibility index (Phi) is 4.26. The van der Waals surface area contributed by atoms with Gasteiger partial charge >= 0.3 is 0 Å². The van der Waals surface area contributed by atoms with Gasteiger partial charge in [0.15, 0.2) is 0 Å². The fourth-order valence-electron chi connectivity index (χ4n) is 2.16. The van der Waals surface area contributed by atoms with Gasteiger partial charge in [0.2, 0.25) is 0 Å². The van der Waals surface area contributed by atoms with Crippen molar-refractivity contribution < 1.29 is 0 Å². The number of nitrogens with zero attached hydrogens (tertiary/aromatic N) is 1. The Morgan fingerprint density at radius 1 is 1.24 bits per heavy atom. The lowest BCUT2D eigenvalue weighted by Crippen LogP contribution is -2.36. The summed E-state index contributed by atoms with van der Waals surface area (Å²) < 4.78 is 0. The van der Waals surface area contributed by atoms with Gasteiger partial charge < -0.3 is 0 Å². The molecule has 94 valence electrons. The Bertz CT molecular complexity index is 343. The third-order valence-electron chi connectivity index (χ3n) is 3.28. The fourth-order valence-corrected chi connectivity index (χ4v) is 2.34. The van der Waals surface area contributed by atoms with Crippen LogP contribution in [0.4, 0.5) is 0 Å². The van der Waals surface area contributed by atoms with Gasteiger partial charge in [-0.1, -0.05) is 60.1 Å². The lowest BCUT2D eigenvalue weighted by molar-refractivity contribution is 0.179. The molecule has 0 bridgehead atoms. The first kappa shape index (κ1) is 13.1. The van der Waals surface area contributed by atoms with Crippen molar-refractivity contribution in [2.75, 3.05) is 11.9 Å². The zero-order chi connectivity index (χ0) is 12.3. The summed E-state index contributed by atoms with van der Waals surface area (Å²) >= 11 is 3.63. The van der Waals surface area contributed by atoms with Gasteiger partial charge in [-0.25, -0.2) is 0 Å². The maximum atomic E-state index is 3.63. The maximum absolute atomic E-state index is 3.63. The summed E-state index contributed by atoms with van der Waals surface area (Å²) in [6.07, 6.45) is 2.76. The van der Waals surface area contributed by atoms with Crippen LogP contribution in [0.1, 0.15) is 32.3 Å². The molecule has 17 heavy (non-hydrogen) atoms. The molecular weight excluding hydrogens is 274 g/mol. The van der Waals surface area contributed by atoms with E-state index in [4.69, 9.17) is 0 Å². The molecule has 1 nitrogen and oxygen atoms in total. The van der Waals surface area contributed by atoms with Gasteiger partial charge in [0.1, 0.15) is 0 Å². The highest BCUT2D eigenvalue weighted by Crippen LogP contribution is 2.32. The predicted molar refractivity (Wildman–Crippen MR) is 77.4 cm³/mol. The summed E-state index contributed by atoms with van der Waals surface area (Å²) in [4.78, 5) is 2.65. The highest BCUT2D eigenvalue weighted by atomic mass is 79.9. The van der Waals surface area contributed by atoms with E-state index in [9.17, 15) is 0 Å². The van der Waals surface area contributed by atoms with Crippen LogP contribution >= 0.6 is 15.9 Å². The molecule has 1 aliphatic carbocycles. The molecule has 2 heteroatoms. The van der Waals surface area contributed by atoms with Gasteiger partial charge in [0.25, 0.3) is 0 Å². The number of benzene rings is 1. The van der Waals surface area contributed by atoms with Crippen LogP contribution in [0.2, 0.25) is 0 Å². The van der Waals surface area contributed by atoms with Crippen LogP contribution in [-0.2, 0) is 6.54 Å². The van der Waals surface area contributed by atoms with E-state index >= 15 is 0 Å². The minimum atomic E-state index is 0.359. The van der Waals surface area contributed by atoms with Gasteiger partial charge in [-0.05, 0) is 23.8 Å². The number of hydrogen-bond donors (Lipinski definition) is 0. The molecular formula is C15H22BrN. The van der Waals surface area contributed by atoms with E-state index in [0.717, 1.165) is 17.9 Å². The Balaban J connectivity index is 1.98. The molecule has 0 N–H and O–H groups in total. The van der Waals surface area contributed by atoms with Gasteiger partial charge in [-0.3, -0.25) is 4.90 Å². The zero-order valence-corrected chi connectivity index (χ0v) is 12.4. The SMILES string of the molecule is CC(C)(CBr)CN(Cc1ccccc1)C1CC1. The smallest absolute Gasteiger partial charge is 0.0236 e. The van der Waals surface area contributed by atoms with Crippen molar-refractivity contribution in [3.05, 3.63) is 35.9 Å². The van der Waals surface area contributed by atoms with Crippen molar-refractivity contribution in [3.63, 3.8) is 0 Å². The van der Waals surface area contributed by atoms with E-state index in [1.165, 1.54) is 24.9 Å². The second-order valence-corrected chi connectivity index (χ2v) is 6.48. The van der Waals surface area contributed by atoms with Crippen molar-refractivity contribution >= 4 is 15.9 Å². The predicted octanol–water partition coefficient (Wildman–Crippen LogP) is 4.07. The average Bonchev–Trinajstić information content (AvgIpc) is 3.13. The molecule has 0 atom stereocenters. The molecule has 0 heterocycles. The van der Waals surface area contributed by atoms with Crippen LogP contribution in [0.5, 0.6) is 0 Å². The van der Waals surface area contributed by atoms with E-state index in [2.05, 4.69) is 65.0 Å². The van der Waals surface area contributed by atoms with Crippen LogP contribution in [0.15, 0.2) is 30.3 Å². The topological polar surface area (TPSA) is 3.24 Å². The molecule has 0 aromatic heterocycles. The molecule has 0 aliphatic heterocycles. The second kappa shape index (κ2) is 5.53. The first-order chi connectivity index (χ1) is 8.11. The van der Waals surface area contributed by atoms with Gasteiger partial charge in [0.05, 0.1) is 0 Å². The van der Waals surface area contributed by atoms with E-state index in [-0.39, 0.29) is 0 Å². The lowest BCUT2D eigenvalue weighted by Gasteiger charge is -2.31. The normalized spacial score (nSPS) is 16.5. The second-order valence-electron chi connectivity index (χ2n) is 5.92. The quantitative estimate of drug-likeness (QED) is 0.715. The van der Waals surface area contributed by atoms with Gasteiger partial charge in [0, 0.05) is 24.5 Å². The summed E-state index contributed by atoms with van der Waals surface area (Å²) in [7, 11) is 0. The van der Waals surface area contributed by atoms with Crippen molar-refractivity contribution in [2.24, 2.45) is 5.41 Å². The third-order valence-corrected chi connectivity index (χ3v) is 4.80. The van der Waals surface area contributed by atoms with Crippen LogP contribution in [-0.4, -0.2) is 22.8 Å². The summed E-state index contributed by atoms with van der Waals surface area (Å²) in [5, 5.41) is 1.07. The molecule has 1 fully saturated rings. The van der Waals surface area contributed by atoms with Gasteiger partial charge in [-0.15, -0.1) is 0 Å². The summed E-state index contributed by atoms with van der Waals surface area (Å²) in [6.45, 7) is 6.95.